The molecule has 0 radical (unpaired) electrons. The summed E-state index contributed by atoms with van der Waals surface area (Å²) in [6, 6.07) is 0. The Balaban J connectivity index is 4.84. The van der Waals surface area contributed by atoms with E-state index in [1.807, 2.05) is 48.5 Å². The second-order valence-corrected chi connectivity index (χ2v) is 6.58. The molecule has 0 saturated carbocycles. The van der Waals surface area contributed by atoms with Crippen LogP contribution in [0, 0.1) is 10.8 Å². The van der Waals surface area contributed by atoms with Gasteiger partial charge in [-0.05, 0) is 13.0 Å². The summed E-state index contributed by atoms with van der Waals surface area (Å²) in [5.41, 5.74) is 0.970. The van der Waals surface area contributed by atoms with Crippen LogP contribution in [0.3, 0.4) is 0 Å². The topological polar surface area (TPSA) is 49.7 Å². The molecule has 0 amide bonds. The molecule has 0 aliphatic rings. The van der Waals surface area contributed by atoms with E-state index in [0.29, 0.717) is 12.1 Å². The van der Waals surface area contributed by atoms with Gasteiger partial charge in [0.05, 0.1) is 5.71 Å². The van der Waals surface area contributed by atoms with E-state index in [4.69, 9.17) is 5.21 Å². The first-order chi connectivity index (χ1) is 7.48. The zero-order chi connectivity index (χ0) is 13.9. The number of nitrogens with zero attached hydrogens (tertiary/aromatic N) is 1. The van der Waals surface area contributed by atoms with Gasteiger partial charge in [-0.1, -0.05) is 52.3 Å². The van der Waals surface area contributed by atoms with Gasteiger partial charge in [0.1, 0.15) is 5.78 Å². The Morgan fingerprint density at radius 3 is 1.88 bits per heavy atom. The molecule has 0 aromatic rings. The third-order valence-electron chi connectivity index (χ3n) is 2.54. The maximum Gasteiger partial charge on any atom is 0.142 e. The van der Waals surface area contributed by atoms with Crippen LogP contribution in [-0.4, -0.2) is 16.7 Å². The molecule has 0 rings (SSSR count). The monoisotopic (exact) mass is 239 g/mol. The fraction of sp³-hybridized carbons (Fsp3) is 0.714. The normalized spacial score (nSPS) is 15.0. The van der Waals surface area contributed by atoms with Crippen molar-refractivity contribution in [3.8, 4) is 0 Å². The van der Waals surface area contributed by atoms with E-state index in [1.54, 1.807) is 6.08 Å². The van der Waals surface area contributed by atoms with Crippen LogP contribution in [0.25, 0.3) is 0 Å². The minimum atomic E-state index is -0.326. The summed E-state index contributed by atoms with van der Waals surface area (Å²) in [7, 11) is 0. The largest absolute Gasteiger partial charge is 0.411 e. The molecule has 0 heterocycles. The predicted molar refractivity (Wildman–Crippen MR) is 71.5 cm³/mol. The van der Waals surface area contributed by atoms with Gasteiger partial charge in [0, 0.05) is 17.3 Å². The Hall–Kier alpha value is -1.12. The summed E-state index contributed by atoms with van der Waals surface area (Å²) in [5.74, 6) is 0.192. The standard InChI is InChI=1S/C14H25NO2/c1-10(9-12(16)14(5,6)7)8-11(15-17)13(2,3)4/h8,17H,9H2,1-7H3/b10-8+,15-11+. The van der Waals surface area contributed by atoms with E-state index in [9.17, 15) is 4.79 Å². The first-order valence-corrected chi connectivity index (χ1v) is 5.91. The average Bonchev–Trinajstić information content (AvgIpc) is 2.10. The third-order valence-corrected chi connectivity index (χ3v) is 2.54. The van der Waals surface area contributed by atoms with Crippen molar-refractivity contribution in [2.75, 3.05) is 0 Å². The van der Waals surface area contributed by atoms with Gasteiger partial charge >= 0.3 is 0 Å². The van der Waals surface area contributed by atoms with Crippen molar-refractivity contribution in [1.82, 2.24) is 0 Å². The minimum Gasteiger partial charge on any atom is -0.411 e. The van der Waals surface area contributed by atoms with Gasteiger partial charge in [-0.25, -0.2) is 0 Å². The number of ketones is 1. The molecule has 0 spiro atoms. The van der Waals surface area contributed by atoms with Gasteiger partial charge in [-0.2, -0.15) is 0 Å². The lowest BCUT2D eigenvalue weighted by atomic mass is 9.85. The Bertz CT molecular complexity index is 338. The number of allylic oxidation sites excluding steroid dienone is 2. The van der Waals surface area contributed by atoms with Crippen molar-refractivity contribution < 1.29 is 10.0 Å². The number of oxime groups is 1. The van der Waals surface area contributed by atoms with Crippen molar-refractivity contribution in [2.24, 2.45) is 16.0 Å². The Morgan fingerprint density at radius 2 is 1.59 bits per heavy atom. The predicted octanol–water partition coefficient (Wildman–Crippen LogP) is 3.81. The third kappa shape index (κ3) is 5.66. The summed E-state index contributed by atoms with van der Waals surface area (Å²) in [6.07, 6.45) is 2.20. The highest BCUT2D eigenvalue weighted by molar-refractivity contribution is 5.99. The van der Waals surface area contributed by atoms with Crippen molar-refractivity contribution in [3.05, 3.63) is 11.6 Å². The number of Topliss-reactive ketones (excluding diaryl/α,β-unsaturated/α-hetero) is 1. The van der Waals surface area contributed by atoms with E-state index in [-0.39, 0.29) is 16.6 Å². The molecule has 3 heteroatoms. The van der Waals surface area contributed by atoms with Gasteiger partial charge in [-0.15, -0.1) is 0 Å². The molecule has 98 valence electrons. The van der Waals surface area contributed by atoms with Crippen LogP contribution in [0.5, 0.6) is 0 Å². The summed E-state index contributed by atoms with van der Waals surface area (Å²) in [5, 5.41) is 12.3. The Morgan fingerprint density at radius 1 is 1.12 bits per heavy atom. The van der Waals surface area contributed by atoms with Crippen molar-refractivity contribution in [2.45, 2.75) is 54.9 Å². The van der Waals surface area contributed by atoms with Crippen LogP contribution in [0.15, 0.2) is 16.8 Å². The van der Waals surface area contributed by atoms with E-state index >= 15 is 0 Å². The molecule has 17 heavy (non-hydrogen) atoms. The molecule has 0 saturated heterocycles. The smallest absolute Gasteiger partial charge is 0.142 e. The van der Waals surface area contributed by atoms with E-state index < -0.39 is 0 Å². The summed E-state index contributed by atoms with van der Waals surface area (Å²) in [4.78, 5) is 11.9. The van der Waals surface area contributed by atoms with Crippen LogP contribution in [-0.2, 0) is 4.79 Å². The zero-order valence-corrected chi connectivity index (χ0v) is 12.1. The highest BCUT2D eigenvalue weighted by Crippen LogP contribution is 2.22. The first kappa shape index (κ1) is 15.9. The maximum absolute atomic E-state index is 11.9. The Labute approximate surface area is 105 Å². The molecule has 0 aromatic heterocycles. The molecule has 0 aromatic carbocycles. The van der Waals surface area contributed by atoms with Crippen LogP contribution < -0.4 is 0 Å². The maximum atomic E-state index is 11.9. The number of carbonyl (C=O) groups excluding carboxylic acids is 1. The van der Waals surface area contributed by atoms with Gasteiger partial charge < -0.3 is 5.21 Å². The summed E-state index contributed by atoms with van der Waals surface area (Å²) in [6.45, 7) is 13.5. The Kier molecular flexibility index (Phi) is 5.12. The second-order valence-electron chi connectivity index (χ2n) is 6.58. The fourth-order valence-corrected chi connectivity index (χ4v) is 1.20. The molecule has 3 nitrogen and oxygen atoms in total. The van der Waals surface area contributed by atoms with Crippen molar-refractivity contribution >= 4 is 11.5 Å². The second kappa shape index (κ2) is 5.48. The molecule has 0 aliphatic carbocycles. The lowest BCUT2D eigenvalue weighted by Crippen LogP contribution is -2.21. The van der Waals surface area contributed by atoms with Crippen LogP contribution in [0.4, 0.5) is 0 Å². The van der Waals surface area contributed by atoms with Crippen LogP contribution in [0.1, 0.15) is 54.9 Å². The number of hydrogen-bond donors (Lipinski definition) is 1. The number of hydrogen-bond acceptors (Lipinski definition) is 3. The average molecular weight is 239 g/mol. The molecular weight excluding hydrogens is 214 g/mol. The lowest BCUT2D eigenvalue weighted by molar-refractivity contribution is -0.125. The molecule has 0 bridgehead atoms. The lowest BCUT2D eigenvalue weighted by Gasteiger charge is -2.19. The van der Waals surface area contributed by atoms with E-state index in [1.165, 1.54) is 0 Å². The highest BCUT2D eigenvalue weighted by Gasteiger charge is 2.22. The number of rotatable bonds is 3. The van der Waals surface area contributed by atoms with Crippen LogP contribution in [0.2, 0.25) is 0 Å². The quantitative estimate of drug-likeness (QED) is 0.462. The summed E-state index contributed by atoms with van der Waals surface area (Å²) < 4.78 is 0. The van der Waals surface area contributed by atoms with E-state index in [0.717, 1.165) is 5.57 Å². The zero-order valence-electron chi connectivity index (χ0n) is 12.1. The minimum absolute atomic E-state index is 0.192. The molecule has 0 aliphatic heterocycles. The van der Waals surface area contributed by atoms with Gasteiger partial charge in [-0.3, -0.25) is 4.79 Å². The molecule has 0 fully saturated rings. The van der Waals surface area contributed by atoms with Crippen LogP contribution >= 0.6 is 0 Å². The highest BCUT2D eigenvalue weighted by atomic mass is 16.4. The summed E-state index contributed by atoms with van der Waals surface area (Å²) >= 11 is 0. The van der Waals surface area contributed by atoms with Gasteiger partial charge in [0.15, 0.2) is 0 Å². The van der Waals surface area contributed by atoms with Gasteiger partial charge in [0.25, 0.3) is 0 Å². The SMILES string of the molecule is C/C(=C\C(=N/O)C(C)(C)C)CC(=O)C(C)(C)C. The molecule has 1 N–H and O–H groups in total. The van der Waals surface area contributed by atoms with Crippen molar-refractivity contribution in [1.29, 1.82) is 0 Å². The number of carbonyl (C=O) groups is 1. The molecule has 0 unspecified atom stereocenters. The molecular formula is C14H25NO2. The van der Waals surface area contributed by atoms with E-state index in [2.05, 4.69) is 5.16 Å². The fourth-order valence-electron chi connectivity index (χ4n) is 1.20. The first-order valence-electron chi connectivity index (χ1n) is 5.91. The van der Waals surface area contributed by atoms with Crippen molar-refractivity contribution in [3.63, 3.8) is 0 Å². The molecule has 0 atom stereocenters. The van der Waals surface area contributed by atoms with Gasteiger partial charge in [0.2, 0.25) is 0 Å².